The number of carbonyl (C=O) groups excluding carboxylic acids is 2. The summed E-state index contributed by atoms with van der Waals surface area (Å²) in [7, 11) is 0. The van der Waals surface area contributed by atoms with E-state index in [2.05, 4.69) is 15.7 Å². The number of alkyl halides is 3. The largest absolute Gasteiger partial charge is 0.417 e. The molecule has 1 saturated heterocycles. The van der Waals surface area contributed by atoms with Gasteiger partial charge in [-0.05, 0) is 48.9 Å². The van der Waals surface area contributed by atoms with Gasteiger partial charge in [-0.1, -0.05) is 24.3 Å². The van der Waals surface area contributed by atoms with Gasteiger partial charge < -0.3 is 9.80 Å². The van der Waals surface area contributed by atoms with Crippen LogP contribution in [0, 0.1) is 5.82 Å². The first-order valence-electron chi connectivity index (χ1n) is 11.4. The van der Waals surface area contributed by atoms with Crippen molar-refractivity contribution in [2.24, 2.45) is 0 Å². The Bertz CT molecular complexity index is 1260. The minimum Gasteiger partial charge on any atom is -0.352 e. The van der Waals surface area contributed by atoms with E-state index >= 15 is 0 Å². The molecule has 0 bridgehead atoms. The van der Waals surface area contributed by atoms with E-state index < -0.39 is 35.5 Å². The van der Waals surface area contributed by atoms with E-state index in [9.17, 15) is 27.2 Å². The average molecular weight is 517 g/mol. The minimum atomic E-state index is -4.62. The van der Waals surface area contributed by atoms with E-state index in [1.165, 1.54) is 47.4 Å². The Hall–Kier alpha value is -4.06. The third kappa shape index (κ3) is 6.20. The van der Waals surface area contributed by atoms with Crippen LogP contribution >= 0.6 is 0 Å². The number of rotatable bonds is 6. The highest BCUT2D eigenvalue weighted by molar-refractivity contribution is 5.96. The fourth-order valence-electron chi connectivity index (χ4n) is 3.86. The van der Waals surface area contributed by atoms with Crippen LogP contribution in [-0.4, -0.2) is 53.1 Å². The molecule has 0 radical (unpaired) electrons. The van der Waals surface area contributed by atoms with Crippen molar-refractivity contribution >= 4 is 17.6 Å². The lowest BCUT2D eigenvalue weighted by Gasteiger charge is -2.35. The van der Waals surface area contributed by atoms with Crippen LogP contribution in [0.5, 0.6) is 0 Å². The van der Waals surface area contributed by atoms with Gasteiger partial charge in [-0.25, -0.2) is 9.87 Å². The Morgan fingerprint density at radius 2 is 1.70 bits per heavy atom. The number of halogens is 4. The number of hydrogen-bond donors (Lipinski definition) is 1. The molecular formula is C25H23F4N5O3. The van der Waals surface area contributed by atoms with Crippen molar-refractivity contribution < 1.29 is 32.0 Å². The number of carbonyl (C=O) groups is 2. The first-order chi connectivity index (χ1) is 17.6. The summed E-state index contributed by atoms with van der Waals surface area (Å²) in [5.74, 6) is -1.29. The Morgan fingerprint density at radius 1 is 0.973 bits per heavy atom. The molecule has 0 aliphatic carbocycles. The van der Waals surface area contributed by atoms with E-state index in [4.69, 9.17) is 4.84 Å². The maximum atomic E-state index is 13.4. The van der Waals surface area contributed by atoms with Crippen LogP contribution in [0.2, 0.25) is 0 Å². The number of nitrogens with one attached hydrogen (secondary N) is 1. The van der Waals surface area contributed by atoms with E-state index in [0.29, 0.717) is 24.5 Å². The maximum absolute atomic E-state index is 13.4. The van der Waals surface area contributed by atoms with Crippen LogP contribution in [-0.2, 0) is 11.0 Å². The summed E-state index contributed by atoms with van der Waals surface area (Å²) in [6, 6.07) is 13.5. The second-order valence-electron chi connectivity index (χ2n) is 8.35. The van der Waals surface area contributed by atoms with E-state index in [-0.39, 0.29) is 24.3 Å². The van der Waals surface area contributed by atoms with Gasteiger partial charge in [0.1, 0.15) is 11.9 Å². The second kappa shape index (κ2) is 10.9. The van der Waals surface area contributed by atoms with Gasteiger partial charge in [0.2, 0.25) is 0 Å². The van der Waals surface area contributed by atoms with Crippen LogP contribution in [0.4, 0.5) is 23.4 Å². The van der Waals surface area contributed by atoms with E-state index in [1.54, 1.807) is 19.1 Å². The molecule has 8 nitrogen and oxygen atoms in total. The highest BCUT2D eigenvalue weighted by Crippen LogP contribution is 2.32. The van der Waals surface area contributed by atoms with Crippen LogP contribution in [0.25, 0.3) is 0 Å². The molecule has 1 aromatic heterocycles. The molecule has 0 saturated carbocycles. The molecule has 37 heavy (non-hydrogen) atoms. The summed E-state index contributed by atoms with van der Waals surface area (Å²) in [5.41, 5.74) is 1.46. The summed E-state index contributed by atoms with van der Waals surface area (Å²) >= 11 is 0. The Balaban J connectivity index is 1.31. The Morgan fingerprint density at radius 3 is 2.35 bits per heavy atom. The smallest absolute Gasteiger partial charge is 0.352 e. The Kier molecular flexibility index (Phi) is 7.67. The fraction of sp³-hybridized carbons (Fsp3) is 0.280. The van der Waals surface area contributed by atoms with Gasteiger partial charge in [0.15, 0.2) is 11.5 Å². The molecule has 1 N–H and O–H groups in total. The number of nitrogens with zero attached hydrogens (tertiary/aromatic N) is 4. The van der Waals surface area contributed by atoms with Gasteiger partial charge in [-0.3, -0.25) is 14.4 Å². The number of hydrogen-bond acceptors (Lipinski definition) is 6. The molecule has 1 aliphatic rings. The highest BCUT2D eigenvalue weighted by Gasteiger charge is 2.36. The van der Waals surface area contributed by atoms with Crippen LogP contribution in [0.3, 0.4) is 0 Å². The number of benzene rings is 2. The van der Waals surface area contributed by atoms with Crippen molar-refractivity contribution in [2.75, 3.05) is 31.1 Å². The first-order valence-corrected chi connectivity index (χ1v) is 11.4. The molecule has 2 aromatic carbocycles. The molecule has 2 heterocycles. The quantitative estimate of drug-likeness (QED) is 0.393. The molecular weight excluding hydrogens is 494 g/mol. The lowest BCUT2D eigenvalue weighted by atomic mass is 10.1. The van der Waals surface area contributed by atoms with Gasteiger partial charge in [0, 0.05) is 26.2 Å². The third-order valence-corrected chi connectivity index (χ3v) is 5.88. The fourth-order valence-corrected chi connectivity index (χ4v) is 3.86. The second-order valence-corrected chi connectivity index (χ2v) is 8.35. The summed E-state index contributed by atoms with van der Waals surface area (Å²) in [4.78, 5) is 33.6. The summed E-state index contributed by atoms with van der Waals surface area (Å²) in [6.07, 6.45) is -5.23. The molecule has 4 rings (SSSR count). The number of aromatic nitrogens is 2. The lowest BCUT2D eigenvalue weighted by Crippen LogP contribution is -2.49. The molecule has 2 amide bonds. The van der Waals surface area contributed by atoms with Crippen molar-refractivity contribution in [1.29, 1.82) is 0 Å². The van der Waals surface area contributed by atoms with Crippen LogP contribution in [0.15, 0.2) is 60.7 Å². The van der Waals surface area contributed by atoms with E-state index in [0.717, 1.165) is 6.07 Å². The van der Waals surface area contributed by atoms with Crippen LogP contribution < -0.4 is 10.4 Å². The highest BCUT2D eigenvalue weighted by atomic mass is 19.4. The third-order valence-electron chi connectivity index (χ3n) is 5.88. The number of amides is 2. The molecule has 1 fully saturated rings. The normalized spacial score (nSPS) is 14.8. The SMILES string of the molecule is CC(ONC(=O)c1ccc(N2CCN(C(=O)c3ccccc3C(F)(F)F)CC2)nn1)c1cccc(F)c1. The zero-order valence-electron chi connectivity index (χ0n) is 19.7. The maximum Gasteiger partial charge on any atom is 0.417 e. The predicted molar refractivity (Wildman–Crippen MR) is 125 cm³/mol. The Labute approximate surface area is 209 Å². The molecule has 0 spiro atoms. The summed E-state index contributed by atoms with van der Waals surface area (Å²) < 4.78 is 53.2. The van der Waals surface area contributed by atoms with Gasteiger partial charge in [0.25, 0.3) is 11.8 Å². The average Bonchev–Trinajstić information content (AvgIpc) is 2.91. The van der Waals surface area contributed by atoms with E-state index in [1.807, 2.05) is 4.90 Å². The molecule has 1 aliphatic heterocycles. The number of hydroxylamine groups is 1. The summed E-state index contributed by atoms with van der Waals surface area (Å²) in [6.45, 7) is 2.69. The van der Waals surface area contributed by atoms with Crippen molar-refractivity contribution in [2.45, 2.75) is 19.2 Å². The van der Waals surface area contributed by atoms with Gasteiger partial charge in [0.05, 0.1) is 11.1 Å². The molecule has 12 heteroatoms. The van der Waals surface area contributed by atoms with Gasteiger partial charge in [-0.15, -0.1) is 10.2 Å². The predicted octanol–water partition coefficient (Wildman–Crippen LogP) is 4.02. The minimum absolute atomic E-state index is 0.00670. The number of anilines is 1. The van der Waals surface area contributed by atoms with Crippen LogP contribution in [0.1, 0.15) is 45.0 Å². The van der Waals surface area contributed by atoms with Crippen molar-refractivity contribution in [1.82, 2.24) is 20.6 Å². The number of piperazine rings is 1. The topological polar surface area (TPSA) is 87.7 Å². The van der Waals surface area contributed by atoms with Gasteiger partial charge >= 0.3 is 6.18 Å². The molecule has 1 atom stereocenters. The standard InChI is InChI=1S/C25H23F4N5O3/c1-16(17-5-4-6-18(26)15-17)37-32-23(35)21-9-10-22(31-30-21)33-11-13-34(14-12-33)24(36)19-7-2-3-8-20(19)25(27,28)29/h2-10,15-16H,11-14H2,1H3,(H,32,35). The molecule has 194 valence electrons. The first kappa shape index (κ1) is 26.0. The lowest BCUT2D eigenvalue weighted by molar-refractivity contribution is -0.138. The van der Waals surface area contributed by atoms with Gasteiger partial charge in [-0.2, -0.15) is 13.2 Å². The molecule has 3 aromatic rings. The zero-order chi connectivity index (χ0) is 26.6. The van der Waals surface area contributed by atoms with Crippen molar-refractivity contribution in [3.05, 3.63) is 88.9 Å². The van der Waals surface area contributed by atoms with Crippen molar-refractivity contribution in [3.8, 4) is 0 Å². The zero-order valence-corrected chi connectivity index (χ0v) is 19.7. The monoisotopic (exact) mass is 517 g/mol. The summed E-state index contributed by atoms with van der Waals surface area (Å²) in [5, 5.41) is 7.96. The van der Waals surface area contributed by atoms with Crippen molar-refractivity contribution in [3.63, 3.8) is 0 Å². The molecule has 1 unspecified atom stereocenters.